The van der Waals surface area contributed by atoms with Gasteiger partial charge in [-0.25, -0.2) is 8.42 Å². The van der Waals surface area contributed by atoms with E-state index < -0.39 is 10.0 Å². The van der Waals surface area contributed by atoms with Gasteiger partial charge in [-0.3, -0.25) is 4.72 Å². The van der Waals surface area contributed by atoms with Crippen LogP contribution in [0, 0.1) is 0 Å². The van der Waals surface area contributed by atoms with Gasteiger partial charge in [-0.05, 0) is 23.6 Å². The molecular formula is C14H10N4O3S2. The third kappa shape index (κ3) is 2.49. The maximum atomic E-state index is 12.4. The first-order valence-electron chi connectivity index (χ1n) is 6.58. The number of nitrogens with zero attached hydrogens (tertiary/aromatic N) is 2. The van der Waals surface area contributed by atoms with Gasteiger partial charge >= 0.3 is 0 Å². The number of aromatic amines is 1. The first-order valence-corrected chi connectivity index (χ1v) is 8.94. The SMILES string of the molecule is O=S(=O)(Nc1cccc2cc(-c3nnco3)[nH]c12)c1cccs1. The second-order valence-electron chi connectivity index (χ2n) is 4.73. The summed E-state index contributed by atoms with van der Waals surface area (Å²) in [5, 5.41) is 10.0. The van der Waals surface area contributed by atoms with Crippen molar-refractivity contribution in [2.24, 2.45) is 0 Å². The third-order valence-electron chi connectivity index (χ3n) is 3.25. The molecule has 0 fully saturated rings. The zero-order chi connectivity index (χ0) is 15.9. The summed E-state index contributed by atoms with van der Waals surface area (Å²) < 4.78 is 32.8. The van der Waals surface area contributed by atoms with Crippen LogP contribution in [-0.4, -0.2) is 23.6 Å². The molecule has 0 aliphatic carbocycles. The molecule has 0 saturated heterocycles. The van der Waals surface area contributed by atoms with Gasteiger partial charge in [0, 0.05) is 5.39 Å². The summed E-state index contributed by atoms with van der Waals surface area (Å²) in [7, 11) is -3.61. The Bertz CT molecular complexity index is 1050. The molecule has 0 radical (unpaired) electrons. The van der Waals surface area contributed by atoms with E-state index in [-0.39, 0.29) is 4.21 Å². The lowest BCUT2D eigenvalue weighted by atomic mass is 10.2. The maximum Gasteiger partial charge on any atom is 0.271 e. The van der Waals surface area contributed by atoms with E-state index >= 15 is 0 Å². The van der Waals surface area contributed by atoms with Crippen molar-refractivity contribution in [3.05, 3.63) is 48.2 Å². The Labute approximate surface area is 135 Å². The molecule has 23 heavy (non-hydrogen) atoms. The molecule has 7 nitrogen and oxygen atoms in total. The van der Waals surface area contributed by atoms with E-state index in [0.29, 0.717) is 22.8 Å². The van der Waals surface area contributed by atoms with Gasteiger partial charge in [0.2, 0.25) is 6.39 Å². The van der Waals surface area contributed by atoms with E-state index in [1.807, 2.05) is 12.1 Å². The van der Waals surface area contributed by atoms with Crippen LogP contribution in [0.15, 0.2) is 56.8 Å². The molecule has 3 aromatic heterocycles. The van der Waals surface area contributed by atoms with Gasteiger partial charge < -0.3 is 9.40 Å². The monoisotopic (exact) mass is 346 g/mol. The highest BCUT2D eigenvalue weighted by atomic mass is 32.2. The van der Waals surface area contributed by atoms with Gasteiger partial charge in [-0.15, -0.1) is 21.5 Å². The van der Waals surface area contributed by atoms with Crippen LogP contribution in [0.3, 0.4) is 0 Å². The number of sulfonamides is 1. The number of H-pyrrole nitrogens is 1. The molecule has 0 unspecified atom stereocenters. The second kappa shape index (κ2) is 5.21. The van der Waals surface area contributed by atoms with Gasteiger partial charge in [0.25, 0.3) is 15.9 Å². The van der Waals surface area contributed by atoms with Crippen LogP contribution in [-0.2, 0) is 10.0 Å². The smallest absolute Gasteiger partial charge is 0.271 e. The summed E-state index contributed by atoms with van der Waals surface area (Å²) in [6, 6.07) is 10.4. The Morgan fingerprint density at radius 2 is 2.13 bits per heavy atom. The minimum Gasteiger partial charge on any atom is -0.422 e. The van der Waals surface area contributed by atoms with E-state index in [1.165, 1.54) is 6.39 Å². The molecule has 0 atom stereocenters. The van der Waals surface area contributed by atoms with Crippen LogP contribution in [0.25, 0.3) is 22.5 Å². The van der Waals surface area contributed by atoms with Crippen LogP contribution in [0.1, 0.15) is 0 Å². The zero-order valence-electron chi connectivity index (χ0n) is 11.6. The molecule has 116 valence electrons. The highest BCUT2D eigenvalue weighted by Crippen LogP contribution is 2.29. The predicted molar refractivity (Wildman–Crippen MR) is 86.7 cm³/mol. The molecule has 0 saturated carbocycles. The molecule has 4 aromatic rings. The van der Waals surface area contributed by atoms with Crippen molar-refractivity contribution >= 4 is 38.0 Å². The number of fused-ring (bicyclic) bond motifs is 1. The van der Waals surface area contributed by atoms with Gasteiger partial charge in [0.05, 0.1) is 11.2 Å². The van der Waals surface area contributed by atoms with Gasteiger partial charge in [-0.1, -0.05) is 18.2 Å². The summed E-state index contributed by atoms with van der Waals surface area (Å²) in [6.07, 6.45) is 1.24. The van der Waals surface area contributed by atoms with Crippen molar-refractivity contribution in [3.8, 4) is 11.6 Å². The minimum absolute atomic E-state index is 0.262. The number of hydrogen-bond donors (Lipinski definition) is 2. The average Bonchev–Trinajstić information content (AvgIpc) is 3.27. The van der Waals surface area contributed by atoms with Crippen molar-refractivity contribution in [3.63, 3.8) is 0 Å². The van der Waals surface area contributed by atoms with Gasteiger partial charge in [0.15, 0.2) is 0 Å². The lowest BCUT2D eigenvalue weighted by Gasteiger charge is -2.07. The van der Waals surface area contributed by atoms with Gasteiger partial charge in [0.1, 0.15) is 9.90 Å². The zero-order valence-corrected chi connectivity index (χ0v) is 13.2. The fourth-order valence-electron chi connectivity index (χ4n) is 2.26. The Morgan fingerprint density at radius 3 is 2.87 bits per heavy atom. The Kier molecular flexibility index (Phi) is 3.17. The molecule has 3 heterocycles. The number of para-hydroxylation sites is 1. The molecular weight excluding hydrogens is 336 g/mol. The van der Waals surface area contributed by atoms with Crippen molar-refractivity contribution in [2.45, 2.75) is 4.21 Å². The fraction of sp³-hybridized carbons (Fsp3) is 0. The van der Waals surface area contributed by atoms with E-state index in [9.17, 15) is 8.42 Å². The first kappa shape index (κ1) is 14.0. The predicted octanol–water partition coefficient (Wildman–Crippen LogP) is 3.08. The normalized spacial score (nSPS) is 11.8. The number of hydrogen-bond acceptors (Lipinski definition) is 6. The number of anilines is 1. The second-order valence-corrected chi connectivity index (χ2v) is 7.59. The minimum atomic E-state index is -3.61. The number of thiophene rings is 1. The summed E-state index contributed by atoms with van der Waals surface area (Å²) in [5.41, 5.74) is 1.74. The Balaban J connectivity index is 1.79. The average molecular weight is 346 g/mol. The Morgan fingerprint density at radius 1 is 1.22 bits per heavy atom. The lowest BCUT2D eigenvalue weighted by molar-refractivity contribution is 0.567. The summed E-state index contributed by atoms with van der Waals surface area (Å²) in [5.74, 6) is 0.341. The molecule has 2 N–H and O–H groups in total. The van der Waals surface area contributed by atoms with Crippen LogP contribution >= 0.6 is 11.3 Å². The van der Waals surface area contributed by atoms with Crippen LogP contribution in [0.5, 0.6) is 0 Å². The van der Waals surface area contributed by atoms with Crippen molar-refractivity contribution in [2.75, 3.05) is 4.72 Å². The quantitative estimate of drug-likeness (QED) is 0.591. The largest absolute Gasteiger partial charge is 0.422 e. The van der Waals surface area contributed by atoms with Crippen LogP contribution in [0.4, 0.5) is 5.69 Å². The molecule has 0 amide bonds. The molecule has 4 rings (SSSR count). The fourth-order valence-corrected chi connectivity index (χ4v) is 4.32. The molecule has 0 bridgehead atoms. The highest BCUT2D eigenvalue weighted by Gasteiger charge is 2.18. The summed E-state index contributed by atoms with van der Waals surface area (Å²) in [4.78, 5) is 3.11. The van der Waals surface area contributed by atoms with E-state index in [4.69, 9.17) is 4.42 Å². The van der Waals surface area contributed by atoms with Crippen molar-refractivity contribution in [1.29, 1.82) is 0 Å². The topological polar surface area (TPSA) is 101 Å². The van der Waals surface area contributed by atoms with Gasteiger partial charge in [-0.2, -0.15) is 0 Å². The number of benzene rings is 1. The highest BCUT2D eigenvalue weighted by molar-refractivity contribution is 7.94. The van der Waals surface area contributed by atoms with E-state index in [0.717, 1.165) is 16.7 Å². The van der Waals surface area contributed by atoms with E-state index in [1.54, 1.807) is 29.6 Å². The Hall–Kier alpha value is -2.65. The van der Waals surface area contributed by atoms with Crippen molar-refractivity contribution < 1.29 is 12.8 Å². The van der Waals surface area contributed by atoms with Crippen molar-refractivity contribution in [1.82, 2.24) is 15.2 Å². The molecule has 0 aliphatic rings. The summed E-state index contributed by atoms with van der Waals surface area (Å²) >= 11 is 1.16. The molecule has 9 heteroatoms. The third-order valence-corrected chi connectivity index (χ3v) is 6.01. The van der Waals surface area contributed by atoms with Crippen LogP contribution < -0.4 is 4.72 Å². The first-order chi connectivity index (χ1) is 11.1. The number of rotatable bonds is 4. The maximum absolute atomic E-state index is 12.4. The summed E-state index contributed by atoms with van der Waals surface area (Å²) in [6.45, 7) is 0. The molecule has 1 aromatic carbocycles. The number of aromatic nitrogens is 3. The molecule has 0 aliphatic heterocycles. The number of nitrogens with one attached hydrogen (secondary N) is 2. The lowest BCUT2D eigenvalue weighted by Crippen LogP contribution is -2.11. The van der Waals surface area contributed by atoms with Crippen LogP contribution in [0.2, 0.25) is 0 Å². The standard InChI is InChI=1S/C14H10N4O3S2/c19-23(20,12-5-2-6-22-12)18-10-4-1-3-9-7-11(16-13(9)10)14-17-15-8-21-14/h1-8,16,18H. The van der Waals surface area contributed by atoms with E-state index in [2.05, 4.69) is 19.9 Å². The molecule has 0 spiro atoms.